The summed E-state index contributed by atoms with van der Waals surface area (Å²) in [5.41, 5.74) is 0.755. The monoisotopic (exact) mass is 337 g/mol. The van der Waals surface area contributed by atoms with Gasteiger partial charge >= 0.3 is 0 Å². The van der Waals surface area contributed by atoms with E-state index in [2.05, 4.69) is 29.0 Å². The maximum Gasteiger partial charge on any atom is 0.217 e. The first kappa shape index (κ1) is 20.6. The van der Waals surface area contributed by atoms with E-state index in [1.165, 1.54) is 6.20 Å². The molecule has 0 saturated carbocycles. The summed E-state index contributed by atoms with van der Waals surface area (Å²) < 4.78 is 14.0. The molecule has 0 bridgehead atoms. The second kappa shape index (κ2) is 10.3. The predicted molar refractivity (Wildman–Crippen MR) is 89.9 cm³/mol. The fourth-order valence-electron chi connectivity index (χ4n) is 2.67. The molecule has 1 fully saturated rings. The Bertz CT molecular complexity index is 398. The lowest BCUT2D eigenvalue weighted by Crippen LogP contribution is -2.45. The van der Waals surface area contributed by atoms with Gasteiger partial charge in [-0.2, -0.15) is 4.39 Å². The molecule has 122 valence electrons. The van der Waals surface area contributed by atoms with Crippen LogP contribution in [0.3, 0.4) is 0 Å². The van der Waals surface area contributed by atoms with Crippen LogP contribution >= 0.6 is 24.8 Å². The molecule has 0 spiro atoms. The van der Waals surface area contributed by atoms with Crippen molar-refractivity contribution in [2.75, 3.05) is 26.2 Å². The molecule has 6 heteroatoms. The Morgan fingerprint density at radius 3 is 2.48 bits per heavy atom. The maximum atomic E-state index is 14.0. The van der Waals surface area contributed by atoms with Crippen LogP contribution in [0.25, 0.3) is 0 Å². The molecule has 1 saturated heterocycles. The van der Waals surface area contributed by atoms with E-state index in [1.807, 2.05) is 12.1 Å². The molecule has 2 rings (SSSR count). The Balaban J connectivity index is 0.00000200. The summed E-state index contributed by atoms with van der Waals surface area (Å²) >= 11 is 0. The number of hydrogen-bond acceptors (Lipinski definition) is 3. The Morgan fingerprint density at radius 2 is 1.90 bits per heavy atom. The Labute approximate surface area is 139 Å². The third-order valence-corrected chi connectivity index (χ3v) is 3.76. The third kappa shape index (κ3) is 6.07. The summed E-state index contributed by atoms with van der Waals surface area (Å²) in [5, 5.41) is 3.35. The number of rotatable bonds is 5. The molecule has 0 aromatic carbocycles. The van der Waals surface area contributed by atoms with Crippen molar-refractivity contribution in [1.29, 1.82) is 0 Å². The fraction of sp³-hybridized carbons (Fsp3) is 0.667. The van der Waals surface area contributed by atoms with Crippen LogP contribution < -0.4 is 5.32 Å². The van der Waals surface area contributed by atoms with E-state index < -0.39 is 0 Å². The number of pyridine rings is 1. The smallest absolute Gasteiger partial charge is 0.217 e. The van der Waals surface area contributed by atoms with Gasteiger partial charge in [-0.25, -0.2) is 4.98 Å². The Kier molecular flexibility index (Phi) is 10.1. The first-order valence-corrected chi connectivity index (χ1v) is 7.23. The minimum atomic E-state index is -0.310. The van der Waals surface area contributed by atoms with Gasteiger partial charge in [0.05, 0.1) is 0 Å². The van der Waals surface area contributed by atoms with Crippen LogP contribution in [0.15, 0.2) is 18.3 Å². The lowest BCUT2D eigenvalue weighted by atomic mass is 9.96. The van der Waals surface area contributed by atoms with Crippen molar-refractivity contribution in [1.82, 2.24) is 15.2 Å². The van der Waals surface area contributed by atoms with Crippen molar-refractivity contribution in [3.63, 3.8) is 0 Å². The molecule has 3 nitrogen and oxygen atoms in total. The van der Waals surface area contributed by atoms with Crippen molar-refractivity contribution in [2.24, 2.45) is 5.92 Å². The molecular weight excluding hydrogens is 312 g/mol. The highest BCUT2D eigenvalue weighted by Crippen LogP contribution is 2.28. The standard InChI is InChI=1S/C15H24FN3.2ClH/c1-12(2)5-6-14(19-10-8-17-9-11-19)13-4-3-7-18-15(13)16;;/h3-4,7,12,14,17H,5-6,8-11H2,1-2H3;2*1H/t14-;;/m1../s1. The summed E-state index contributed by atoms with van der Waals surface area (Å²) in [6.45, 7) is 8.37. The highest BCUT2D eigenvalue weighted by Gasteiger charge is 2.24. The topological polar surface area (TPSA) is 28.2 Å². The molecule has 0 aliphatic carbocycles. The Morgan fingerprint density at radius 1 is 1.24 bits per heavy atom. The minimum Gasteiger partial charge on any atom is -0.314 e. The molecule has 0 unspecified atom stereocenters. The van der Waals surface area contributed by atoms with Crippen LogP contribution in [0, 0.1) is 11.9 Å². The second-order valence-corrected chi connectivity index (χ2v) is 5.66. The van der Waals surface area contributed by atoms with E-state index in [-0.39, 0.29) is 36.8 Å². The summed E-state index contributed by atoms with van der Waals surface area (Å²) in [6, 6.07) is 3.89. The largest absolute Gasteiger partial charge is 0.314 e. The number of nitrogens with one attached hydrogen (secondary N) is 1. The van der Waals surface area contributed by atoms with Gasteiger partial charge in [-0.3, -0.25) is 4.90 Å². The van der Waals surface area contributed by atoms with E-state index in [0.717, 1.165) is 44.6 Å². The molecule has 1 aliphatic heterocycles. The highest BCUT2D eigenvalue weighted by atomic mass is 35.5. The summed E-state index contributed by atoms with van der Waals surface area (Å²) in [5.74, 6) is 0.333. The number of piperazine rings is 1. The zero-order chi connectivity index (χ0) is 13.7. The molecule has 21 heavy (non-hydrogen) atoms. The van der Waals surface area contributed by atoms with Crippen LogP contribution in [-0.2, 0) is 0 Å². The van der Waals surface area contributed by atoms with Crippen LogP contribution in [-0.4, -0.2) is 36.1 Å². The molecular formula is C15H26Cl2FN3. The van der Waals surface area contributed by atoms with E-state index in [9.17, 15) is 4.39 Å². The number of aromatic nitrogens is 1. The van der Waals surface area contributed by atoms with Gasteiger partial charge in [-0.15, -0.1) is 24.8 Å². The van der Waals surface area contributed by atoms with E-state index in [0.29, 0.717) is 5.92 Å². The third-order valence-electron chi connectivity index (χ3n) is 3.76. The predicted octanol–water partition coefficient (Wildman–Crippen LogP) is 3.45. The second-order valence-electron chi connectivity index (χ2n) is 5.66. The molecule has 1 atom stereocenters. The van der Waals surface area contributed by atoms with Crippen LogP contribution in [0.5, 0.6) is 0 Å². The van der Waals surface area contributed by atoms with Crippen molar-refractivity contribution in [2.45, 2.75) is 32.7 Å². The average molecular weight is 338 g/mol. The van der Waals surface area contributed by atoms with Gasteiger partial charge in [0.1, 0.15) is 0 Å². The van der Waals surface area contributed by atoms with Crippen molar-refractivity contribution in [3.8, 4) is 0 Å². The van der Waals surface area contributed by atoms with Crippen molar-refractivity contribution >= 4 is 24.8 Å². The lowest BCUT2D eigenvalue weighted by Gasteiger charge is -2.35. The van der Waals surface area contributed by atoms with Crippen LogP contribution in [0.4, 0.5) is 4.39 Å². The van der Waals surface area contributed by atoms with Gasteiger partial charge in [0.2, 0.25) is 5.95 Å². The molecule has 1 aromatic heterocycles. The number of halogens is 3. The SMILES string of the molecule is CC(C)CC[C@H](c1cccnc1F)N1CCNCC1.Cl.Cl. The van der Waals surface area contributed by atoms with E-state index in [4.69, 9.17) is 0 Å². The summed E-state index contributed by atoms with van der Waals surface area (Å²) in [7, 11) is 0. The summed E-state index contributed by atoms with van der Waals surface area (Å²) in [6.07, 6.45) is 3.64. The van der Waals surface area contributed by atoms with Crippen LogP contribution in [0.2, 0.25) is 0 Å². The molecule has 1 aromatic rings. The van der Waals surface area contributed by atoms with Gasteiger partial charge in [-0.05, 0) is 24.8 Å². The lowest BCUT2D eigenvalue weighted by molar-refractivity contribution is 0.156. The highest BCUT2D eigenvalue weighted by molar-refractivity contribution is 5.85. The van der Waals surface area contributed by atoms with E-state index in [1.54, 1.807) is 0 Å². The molecule has 2 heterocycles. The molecule has 0 radical (unpaired) electrons. The van der Waals surface area contributed by atoms with Gasteiger partial charge in [0.25, 0.3) is 0 Å². The van der Waals surface area contributed by atoms with Crippen molar-refractivity contribution in [3.05, 3.63) is 29.8 Å². The van der Waals surface area contributed by atoms with Crippen molar-refractivity contribution < 1.29 is 4.39 Å². The molecule has 0 amide bonds. The number of nitrogens with zero attached hydrogens (tertiary/aromatic N) is 2. The van der Waals surface area contributed by atoms with Crippen LogP contribution in [0.1, 0.15) is 38.3 Å². The molecule has 1 N–H and O–H groups in total. The zero-order valence-corrected chi connectivity index (χ0v) is 14.4. The fourth-order valence-corrected chi connectivity index (χ4v) is 2.67. The minimum absolute atomic E-state index is 0. The first-order valence-electron chi connectivity index (χ1n) is 7.23. The number of hydrogen-bond donors (Lipinski definition) is 1. The zero-order valence-electron chi connectivity index (χ0n) is 12.7. The van der Waals surface area contributed by atoms with Gasteiger partial charge in [0, 0.05) is 44.0 Å². The maximum absolute atomic E-state index is 14.0. The normalized spacial score (nSPS) is 17.0. The van der Waals surface area contributed by atoms with Gasteiger partial charge in [0.15, 0.2) is 0 Å². The average Bonchev–Trinajstić information content (AvgIpc) is 2.42. The Hall–Kier alpha value is -0.420. The molecule has 1 aliphatic rings. The van der Waals surface area contributed by atoms with Gasteiger partial charge < -0.3 is 5.32 Å². The summed E-state index contributed by atoms with van der Waals surface area (Å²) in [4.78, 5) is 6.20. The first-order chi connectivity index (χ1) is 9.18. The quantitative estimate of drug-likeness (QED) is 0.834. The van der Waals surface area contributed by atoms with E-state index >= 15 is 0 Å². The van der Waals surface area contributed by atoms with Gasteiger partial charge in [-0.1, -0.05) is 19.9 Å².